The van der Waals surface area contributed by atoms with E-state index in [4.69, 9.17) is 16.3 Å². The number of amides is 1. The van der Waals surface area contributed by atoms with Gasteiger partial charge in [0.15, 0.2) is 0 Å². The number of hydrogen-bond donors (Lipinski definition) is 0. The van der Waals surface area contributed by atoms with Gasteiger partial charge in [0.05, 0.1) is 21.9 Å². The predicted octanol–water partition coefficient (Wildman–Crippen LogP) is 4.28. The summed E-state index contributed by atoms with van der Waals surface area (Å²) < 4.78 is 6.33. The molecule has 0 radical (unpaired) electrons. The smallest absolute Gasteiger partial charge is 0.264 e. The quantitative estimate of drug-likeness (QED) is 0.812. The number of carbonyl (C=O) groups is 1. The van der Waals surface area contributed by atoms with Gasteiger partial charge in [-0.25, -0.2) is 0 Å². The predicted molar refractivity (Wildman–Crippen MR) is 87.4 cm³/mol. The van der Waals surface area contributed by atoms with E-state index in [1.807, 2.05) is 16.3 Å². The maximum Gasteiger partial charge on any atom is 0.264 e. The van der Waals surface area contributed by atoms with Gasteiger partial charge in [0.2, 0.25) is 0 Å². The van der Waals surface area contributed by atoms with Crippen LogP contribution in [0.3, 0.4) is 0 Å². The summed E-state index contributed by atoms with van der Waals surface area (Å²) in [4.78, 5) is 16.5. The molecule has 1 aliphatic rings. The molecule has 2 aromatic heterocycles. The fourth-order valence-electron chi connectivity index (χ4n) is 2.43. The van der Waals surface area contributed by atoms with Crippen molar-refractivity contribution in [2.24, 2.45) is 0 Å². The lowest BCUT2D eigenvalue weighted by atomic mass is 10.2. The van der Waals surface area contributed by atoms with Gasteiger partial charge in [-0.05, 0) is 36.4 Å². The van der Waals surface area contributed by atoms with Crippen LogP contribution in [0, 0.1) is 0 Å². The minimum Gasteiger partial charge on any atom is -0.376 e. The molecule has 1 amide bonds. The van der Waals surface area contributed by atoms with E-state index in [1.54, 1.807) is 23.5 Å². The normalized spacial score (nSPS) is 18.0. The molecule has 21 heavy (non-hydrogen) atoms. The Morgan fingerprint density at radius 2 is 2.33 bits per heavy atom. The molecule has 112 valence electrons. The SMILES string of the molecule is O=C(c1ccc(Cl)s1)N(Cc1cccs1)CC1CCCO1. The van der Waals surface area contributed by atoms with Crippen molar-refractivity contribution in [3.05, 3.63) is 43.7 Å². The van der Waals surface area contributed by atoms with E-state index < -0.39 is 0 Å². The summed E-state index contributed by atoms with van der Waals surface area (Å²) in [6, 6.07) is 7.64. The molecular weight excluding hydrogens is 326 g/mol. The maximum atomic E-state index is 12.7. The number of rotatable bonds is 5. The Hall–Kier alpha value is -0.880. The number of hydrogen-bond acceptors (Lipinski definition) is 4. The average molecular weight is 342 g/mol. The average Bonchev–Trinajstić information content (AvgIpc) is 3.19. The van der Waals surface area contributed by atoms with Gasteiger partial charge in [-0.2, -0.15) is 0 Å². The van der Waals surface area contributed by atoms with Crippen molar-refractivity contribution >= 4 is 40.2 Å². The Morgan fingerprint density at radius 1 is 1.43 bits per heavy atom. The van der Waals surface area contributed by atoms with Crippen molar-refractivity contribution < 1.29 is 9.53 Å². The largest absolute Gasteiger partial charge is 0.376 e. The highest BCUT2D eigenvalue weighted by atomic mass is 35.5. The van der Waals surface area contributed by atoms with Gasteiger partial charge in [-0.1, -0.05) is 17.7 Å². The van der Waals surface area contributed by atoms with Crippen molar-refractivity contribution in [2.75, 3.05) is 13.2 Å². The number of halogens is 1. The molecule has 0 spiro atoms. The van der Waals surface area contributed by atoms with Crippen molar-refractivity contribution in [1.82, 2.24) is 4.90 Å². The molecule has 0 saturated carbocycles. The second kappa shape index (κ2) is 6.92. The molecule has 6 heteroatoms. The third-order valence-corrected chi connectivity index (χ3v) is 5.53. The first kappa shape index (κ1) is 15.0. The topological polar surface area (TPSA) is 29.5 Å². The zero-order valence-electron chi connectivity index (χ0n) is 11.5. The molecule has 1 fully saturated rings. The van der Waals surface area contributed by atoms with E-state index in [2.05, 4.69) is 6.07 Å². The van der Waals surface area contributed by atoms with Gasteiger partial charge in [-0.3, -0.25) is 4.79 Å². The highest BCUT2D eigenvalue weighted by molar-refractivity contribution is 7.18. The van der Waals surface area contributed by atoms with Crippen LogP contribution in [0.25, 0.3) is 0 Å². The van der Waals surface area contributed by atoms with Crippen LogP contribution in [0.1, 0.15) is 27.4 Å². The van der Waals surface area contributed by atoms with Crippen molar-refractivity contribution in [3.8, 4) is 0 Å². The minimum atomic E-state index is 0.0378. The molecule has 3 heterocycles. The van der Waals surface area contributed by atoms with Crippen LogP contribution in [0.15, 0.2) is 29.6 Å². The van der Waals surface area contributed by atoms with Crippen LogP contribution in [-0.2, 0) is 11.3 Å². The summed E-state index contributed by atoms with van der Waals surface area (Å²) in [6.45, 7) is 2.08. The Morgan fingerprint density at radius 3 is 2.95 bits per heavy atom. The zero-order valence-corrected chi connectivity index (χ0v) is 13.8. The van der Waals surface area contributed by atoms with Crippen molar-refractivity contribution in [1.29, 1.82) is 0 Å². The third-order valence-electron chi connectivity index (χ3n) is 3.45. The van der Waals surface area contributed by atoms with Crippen LogP contribution in [-0.4, -0.2) is 30.1 Å². The lowest BCUT2D eigenvalue weighted by Crippen LogP contribution is -2.36. The summed E-state index contributed by atoms with van der Waals surface area (Å²) in [7, 11) is 0. The summed E-state index contributed by atoms with van der Waals surface area (Å²) >= 11 is 8.95. The first-order valence-corrected chi connectivity index (χ1v) is 8.98. The molecule has 0 bridgehead atoms. The lowest BCUT2D eigenvalue weighted by Gasteiger charge is -2.24. The fraction of sp³-hybridized carbons (Fsp3) is 0.400. The van der Waals surface area contributed by atoms with Crippen LogP contribution >= 0.6 is 34.3 Å². The highest BCUT2D eigenvalue weighted by Crippen LogP contribution is 2.25. The monoisotopic (exact) mass is 341 g/mol. The molecule has 3 nitrogen and oxygen atoms in total. The summed E-state index contributed by atoms with van der Waals surface area (Å²) in [5.74, 6) is 0.0378. The second-order valence-corrected chi connectivity index (χ2v) is 7.75. The lowest BCUT2D eigenvalue weighted by molar-refractivity contribution is 0.0513. The van der Waals surface area contributed by atoms with E-state index in [-0.39, 0.29) is 12.0 Å². The van der Waals surface area contributed by atoms with E-state index in [1.165, 1.54) is 16.2 Å². The van der Waals surface area contributed by atoms with Crippen molar-refractivity contribution in [2.45, 2.75) is 25.5 Å². The molecular formula is C15H16ClNO2S2. The van der Waals surface area contributed by atoms with Crippen LogP contribution in [0.2, 0.25) is 4.34 Å². The highest BCUT2D eigenvalue weighted by Gasteiger charge is 2.24. The van der Waals surface area contributed by atoms with Crippen LogP contribution < -0.4 is 0 Å². The van der Waals surface area contributed by atoms with E-state index in [9.17, 15) is 4.79 Å². The minimum absolute atomic E-state index is 0.0378. The van der Waals surface area contributed by atoms with Gasteiger partial charge in [0.1, 0.15) is 0 Å². The number of ether oxygens (including phenoxy) is 1. The molecule has 3 rings (SSSR count). The van der Waals surface area contributed by atoms with Gasteiger partial charge < -0.3 is 9.64 Å². The Labute approximate surface area is 137 Å². The van der Waals surface area contributed by atoms with Crippen molar-refractivity contribution in [3.63, 3.8) is 0 Å². The molecule has 2 aromatic rings. The fourth-order valence-corrected chi connectivity index (χ4v) is 4.16. The Balaban J connectivity index is 1.75. The first-order chi connectivity index (χ1) is 10.2. The van der Waals surface area contributed by atoms with Crippen LogP contribution in [0.5, 0.6) is 0 Å². The van der Waals surface area contributed by atoms with Gasteiger partial charge in [-0.15, -0.1) is 22.7 Å². The number of nitrogens with zero attached hydrogens (tertiary/aromatic N) is 1. The van der Waals surface area contributed by atoms with Gasteiger partial charge in [0.25, 0.3) is 5.91 Å². The van der Waals surface area contributed by atoms with Gasteiger partial charge >= 0.3 is 0 Å². The zero-order chi connectivity index (χ0) is 14.7. The molecule has 1 saturated heterocycles. The summed E-state index contributed by atoms with van der Waals surface area (Å²) in [5, 5.41) is 2.03. The summed E-state index contributed by atoms with van der Waals surface area (Å²) in [6.07, 6.45) is 2.26. The van der Waals surface area contributed by atoms with E-state index >= 15 is 0 Å². The molecule has 1 aliphatic heterocycles. The summed E-state index contributed by atoms with van der Waals surface area (Å²) in [5.41, 5.74) is 0. The first-order valence-electron chi connectivity index (χ1n) is 6.91. The Bertz CT molecular complexity index is 591. The second-order valence-electron chi connectivity index (χ2n) is 5.00. The van der Waals surface area contributed by atoms with E-state index in [0.29, 0.717) is 22.3 Å². The standard InChI is InChI=1S/C15H16ClNO2S2/c16-14-6-5-13(21-14)15(18)17(9-11-3-1-7-19-11)10-12-4-2-8-20-12/h2,4-6,8,11H,1,3,7,9-10H2. The third kappa shape index (κ3) is 3.86. The molecule has 0 aromatic carbocycles. The van der Waals surface area contributed by atoms with E-state index in [0.717, 1.165) is 19.4 Å². The molecule has 0 aliphatic carbocycles. The maximum absolute atomic E-state index is 12.7. The molecule has 1 unspecified atom stereocenters. The number of thiophene rings is 2. The molecule has 0 N–H and O–H groups in total. The number of carbonyl (C=O) groups excluding carboxylic acids is 1. The Kier molecular flexibility index (Phi) is 4.95. The molecule has 1 atom stereocenters. The van der Waals surface area contributed by atoms with Crippen LogP contribution in [0.4, 0.5) is 0 Å². The van der Waals surface area contributed by atoms with Gasteiger partial charge in [0, 0.05) is 18.0 Å².